The molecule has 3 amide bonds. The molecule has 0 atom stereocenters. The first-order chi connectivity index (χ1) is 11.3. The van der Waals surface area contributed by atoms with Crippen molar-refractivity contribution in [3.63, 3.8) is 0 Å². The minimum atomic E-state index is -0.352. The van der Waals surface area contributed by atoms with Crippen molar-refractivity contribution in [1.29, 1.82) is 0 Å². The van der Waals surface area contributed by atoms with E-state index in [2.05, 4.69) is 17.3 Å². The summed E-state index contributed by atoms with van der Waals surface area (Å²) in [5, 5.41) is 3.02. The first-order valence-electron chi connectivity index (χ1n) is 9.31. The highest BCUT2D eigenvalue weighted by Crippen LogP contribution is 2.22. The van der Waals surface area contributed by atoms with Crippen molar-refractivity contribution >= 4 is 11.9 Å². The average molecular weight is 338 g/mol. The molecule has 2 aliphatic rings. The zero-order chi connectivity index (χ0) is 17.7. The van der Waals surface area contributed by atoms with Crippen molar-refractivity contribution in [3.8, 4) is 0 Å². The lowest BCUT2D eigenvalue weighted by Crippen LogP contribution is -2.55. The van der Waals surface area contributed by atoms with Gasteiger partial charge in [0.2, 0.25) is 5.91 Å². The molecule has 0 unspecified atom stereocenters. The van der Waals surface area contributed by atoms with E-state index in [-0.39, 0.29) is 17.4 Å². The van der Waals surface area contributed by atoms with Gasteiger partial charge >= 0.3 is 6.03 Å². The number of nitrogens with zero attached hydrogens (tertiary/aromatic N) is 3. The first-order valence-corrected chi connectivity index (χ1v) is 9.31. The Morgan fingerprint density at radius 3 is 2.12 bits per heavy atom. The highest BCUT2D eigenvalue weighted by atomic mass is 16.2. The minimum Gasteiger partial charge on any atom is -0.339 e. The third kappa shape index (κ3) is 5.10. The fraction of sp³-hybridized carbons (Fsp3) is 0.889. The Kier molecular flexibility index (Phi) is 6.49. The average Bonchev–Trinajstić information content (AvgIpc) is 3.07. The summed E-state index contributed by atoms with van der Waals surface area (Å²) in [5.41, 5.74) is -0.352. The van der Waals surface area contributed by atoms with Gasteiger partial charge in [-0.25, -0.2) is 4.79 Å². The molecule has 24 heavy (non-hydrogen) atoms. The zero-order valence-electron chi connectivity index (χ0n) is 15.8. The van der Waals surface area contributed by atoms with Crippen LogP contribution in [0.5, 0.6) is 0 Å². The predicted octanol–water partition coefficient (Wildman–Crippen LogP) is 1.76. The lowest BCUT2D eigenvalue weighted by molar-refractivity contribution is -0.140. The van der Waals surface area contributed by atoms with Crippen LogP contribution in [0.1, 0.15) is 46.5 Å². The number of nitrogens with one attached hydrogen (secondary N) is 1. The maximum absolute atomic E-state index is 12.3. The third-order valence-electron chi connectivity index (χ3n) is 5.18. The summed E-state index contributed by atoms with van der Waals surface area (Å²) < 4.78 is 0. The van der Waals surface area contributed by atoms with Crippen LogP contribution >= 0.6 is 0 Å². The van der Waals surface area contributed by atoms with Gasteiger partial charge in [0.25, 0.3) is 0 Å². The zero-order valence-corrected chi connectivity index (χ0v) is 15.8. The Hall–Kier alpha value is -1.30. The van der Waals surface area contributed by atoms with E-state index in [4.69, 9.17) is 0 Å². The molecular formula is C18H34N4O2. The lowest BCUT2D eigenvalue weighted by atomic mass is 9.94. The SMILES string of the molecule is CN(CCNC(=O)N1CCN(C(=O)C(C)(C)C)CC1)C1CCCC1. The van der Waals surface area contributed by atoms with Crippen LogP contribution in [-0.4, -0.2) is 79.0 Å². The number of amides is 3. The van der Waals surface area contributed by atoms with Gasteiger partial charge in [-0.15, -0.1) is 0 Å². The normalized spacial score (nSPS) is 19.9. The van der Waals surface area contributed by atoms with Gasteiger partial charge in [0.15, 0.2) is 0 Å². The summed E-state index contributed by atoms with van der Waals surface area (Å²) in [6, 6.07) is 0.687. The topological polar surface area (TPSA) is 55.9 Å². The number of piperazine rings is 1. The molecule has 1 saturated heterocycles. The van der Waals surface area contributed by atoms with Crippen LogP contribution in [0.3, 0.4) is 0 Å². The maximum atomic E-state index is 12.3. The second-order valence-electron chi connectivity index (χ2n) is 8.18. The molecular weight excluding hydrogens is 304 g/mol. The monoisotopic (exact) mass is 338 g/mol. The quantitative estimate of drug-likeness (QED) is 0.850. The summed E-state index contributed by atoms with van der Waals surface area (Å²) in [6.45, 7) is 9.90. The van der Waals surface area contributed by atoms with Crippen LogP contribution in [0, 0.1) is 5.41 Å². The van der Waals surface area contributed by atoms with E-state index in [1.165, 1.54) is 25.7 Å². The van der Waals surface area contributed by atoms with Crippen molar-refractivity contribution in [2.75, 3.05) is 46.3 Å². The number of carbonyl (C=O) groups is 2. The van der Waals surface area contributed by atoms with E-state index in [0.29, 0.717) is 38.8 Å². The van der Waals surface area contributed by atoms with Gasteiger partial charge in [-0.2, -0.15) is 0 Å². The van der Waals surface area contributed by atoms with Crippen molar-refractivity contribution < 1.29 is 9.59 Å². The van der Waals surface area contributed by atoms with Gasteiger partial charge in [0, 0.05) is 50.7 Å². The molecule has 6 heteroatoms. The molecule has 1 aliphatic carbocycles. The fourth-order valence-corrected chi connectivity index (χ4v) is 3.57. The van der Waals surface area contributed by atoms with Gasteiger partial charge in [-0.1, -0.05) is 33.6 Å². The third-order valence-corrected chi connectivity index (χ3v) is 5.18. The molecule has 0 aromatic rings. The molecule has 138 valence electrons. The second kappa shape index (κ2) is 8.19. The largest absolute Gasteiger partial charge is 0.339 e. The number of carbonyl (C=O) groups excluding carboxylic acids is 2. The number of hydrogen-bond donors (Lipinski definition) is 1. The summed E-state index contributed by atoms with van der Waals surface area (Å²) in [6.07, 6.45) is 5.24. The van der Waals surface area contributed by atoms with Gasteiger partial charge in [-0.3, -0.25) is 4.79 Å². The van der Waals surface area contributed by atoms with Crippen molar-refractivity contribution in [2.24, 2.45) is 5.41 Å². The van der Waals surface area contributed by atoms with Crippen molar-refractivity contribution in [2.45, 2.75) is 52.5 Å². The Labute approximate surface area is 146 Å². The number of hydrogen-bond acceptors (Lipinski definition) is 3. The summed E-state index contributed by atoms with van der Waals surface area (Å²) in [5.74, 6) is 0.167. The Balaban J connectivity index is 1.66. The summed E-state index contributed by atoms with van der Waals surface area (Å²) in [4.78, 5) is 30.6. The molecule has 2 fully saturated rings. The predicted molar refractivity (Wildman–Crippen MR) is 95.9 cm³/mol. The Bertz CT molecular complexity index is 433. The standard InChI is InChI=1S/C18H34N4O2/c1-18(2,3)16(23)21-11-13-22(14-12-21)17(24)19-9-10-20(4)15-7-5-6-8-15/h15H,5-14H2,1-4H3,(H,19,24). The highest BCUT2D eigenvalue weighted by molar-refractivity contribution is 5.82. The van der Waals surface area contributed by atoms with Crippen LogP contribution in [0.2, 0.25) is 0 Å². The van der Waals surface area contributed by atoms with E-state index in [0.717, 1.165) is 6.54 Å². The van der Waals surface area contributed by atoms with Crippen LogP contribution in [0.25, 0.3) is 0 Å². The molecule has 0 radical (unpaired) electrons. The first kappa shape index (κ1) is 19.0. The molecule has 0 spiro atoms. The summed E-state index contributed by atoms with van der Waals surface area (Å²) in [7, 11) is 2.15. The second-order valence-corrected chi connectivity index (χ2v) is 8.18. The van der Waals surface area contributed by atoms with Gasteiger partial charge in [0.1, 0.15) is 0 Å². The van der Waals surface area contributed by atoms with Crippen molar-refractivity contribution in [1.82, 2.24) is 20.0 Å². The highest BCUT2D eigenvalue weighted by Gasteiger charge is 2.30. The van der Waals surface area contributed by atoms with Crippen LogP contribution < -0.4 is 5.32 Å². The van der Waals surface area contributed by atoms with E-state index in [1.54, 1.807) is 0 Å². The molecule has 0 aromatic heterocycles. The Morgan fingerprint density at radius 1 is 1.04 bits per heavy atom. The van der Waals surface area contributed by atoms with E-state index < -0.39 is 0 Å². The molecule has 1 heterocycles. The Morgan fingerprint density at radius 2 is 1.58 bits per heavy atom. The molecule has 6 nitrogen and oxygen atoms in total. The lowest BCUT2D eigenvalue weighted by Gasteiger charge is -2.37. The number of rotatable bonds is 4. The number of urea groups is 1. The molecule has 1 saturated carbocycles. The van der Waals surface area contributed by atoms with E-state index in [1.807, 2.05) is 30.6 Å². The summed E-state index contributed by atoms with van der Waals surface area (Å²) >= 11 is 0. The molecule has 0 aromatic carbocycles. The van der Waals surface area contributed by atoms with Crippen LogP contribution in [-0.2, 0) is 4.79 Å². The van der Waals surface area contributed by atoms with Gasteiger partial charge < -0.3 is 20.0 Å². The van der Waals surface area contributed by atoms with E-state index in [9.17, 15) is 9.59 Å². The van der Waals surface area contributed by atoms with Gasteiger partial charge in [0.05, 0.1) is 0 Å². The van der Waals surface area contributed by atoms with Crippen LogP contribution in [0.15, 0.2) is 0 Å². The fourth-order valence-electron chi connectivity index (χ4n) is 3.57. The molecule has 1 aliphatic heterocycles. The smallest absolute Gasteiger partial charge is 0.317 e. The molecule has 1 N–H and O–H groups in total. The molecule has 0 bridgehead atoms. The molecule has 2 rings (SSSR count). The number of likely N-dealkylation sites (N-methyl/N-ethyl adjacent to an activating group) is 1. The minimum absolute atomic E-state index is 0.00215. The maximum Gasteiger partial charge on any atom is 0.317 e. The van der Waals surface area contributed by atoms with Gasteiger partial charge in [-0.05, 0) is 19.9 Å². The van der Waals surface area contributed by atoms with Crippen molar-refractivity contribution in [3.05, 3.63) is 0 Å². The van der Waals surface area contributed by atoms with E-state index >= 15 is 0 Å². The van der Waals surface area contributed by atoms with Crippen LogP contribution in [0.4, 0.5) is 4.79 Å².